The van der Waals surface area contributed by atoms with Crippen LogP contribution >= 0.6 is 11.3 Å². The number of carbonyl (C=O) groups excluding carboxylic acids is 2. The van der Waals surface area contributed by atoms with Gasteiger partial charge in [-0.05, 0) is 42.1 Å². The summed E-state index contributed by atoms with van der Waals surface area (Å²) in [5.74, 6) is -1.33. The van der Waals surface area contributed by atoms with Gasteiger partial charge >= 0.3 is 0 Å². The number of hydrogen-bond donors (Lipinski definition) is 1. The van der Waals surface area contributed by atoms with Crippen LogP contribution in [0.2, 0.25) is 0 Å². The van der Waals surface area contributed by atoms with Crippen LogP contribution in [0, 0.1) is 12.3 Å². The molecule has 0 spiro atoms. The third-order valence-electron chi connectivity index (χ3n) is 5.43. The Morgan fingerprint density at radius 3 is 2.39 bits per heavy atom. The minimum absolute atomic E-state index is 0.121. The number of pyridine rings is 1. The van der Waals surface area contributed by atoms with Gasteiger partial charge in [0.25, 0.3) is 5.91 Å². The molecule has 5 nitrogen and oxygen atoms in total. The molecule has 1 aromatic carbocycles. The molecule has 1 aliphatic heterocycles. The van der Waals surface area contributed by atoms with Crippen LogP contribution in [0.1, 0.15) is 38.1 Å². The Kier molecular flexibility index (Phi) is 5.27. The monoisotopic (exact) mass is 432 g/mol. The Labute approximate surface area is 185 Å². The van der Waals surface area contributed by atoms with E-state index in [0.29, 0.717) is 11.4 Å². The van der Waals surface area contributed by atoms with Crippen molar-refractivity contribution in [3.8, 4) is 10.4 Å². The normalized spacial score (nSPS) is 16.8. The molecule has 4 rings (SSSR count). The number of nitrogens with zero attached hydrogens (tertiary/aromatic N) is 2. The second kappa shape index (κ2) is 7.78. The van der Waals surface area contributed by atoms with Crippen LogP contribution < -0.4 is 4.90 Å². The Balaban J connectivity index is 1.84. The number of amides is 1. The van der Waals surface area contributed by atoms with Crippen LogP contribution in [0.5, 0.6) is 0 Å². The summed E-state index contributed by atoms with van der Waals surface area (Å²) < 4.78 is 0. The van der Waals surface area contributed by atoms with Crippen molar-refractivity contribution in [2.24, 2.45) is 5.41 Å². The summed E-state index contributed by atoms with van der Waals surface area (Å²) in [4.78, 5) is 33.5. The van der Waals surface area contributed by atoms with E-state index >= 15 is 0 Å². The number of hydrogen-bond acceptors (Lipinski definition) is 5. The van der Waals surface area contributed by atoms with Crippen LogP contribution in [0.25, 0.3) is 10.4 Å². The molecule has 1 amide bonds. The lowest BCUT2D eigenvalue weighted by Gasteiger charge is -2.29. The first-order chi connectivity index (χ1) is 14.7. The number of carbonyl (C=O) groups is 2. The van der Waals surface area contributed by atoms with Crippen molar-refractivity contribution in [2.75, 3.05) is 4.90 Å². The SMILES string of the molecule is Cc1ncccc1C1C(C(=O)C(C)(C)C)=C(O)C(=O)N1c1ccc(-c2cccs2)cc1. The quantitative estimate of drug-likeness (QED) is 0.580. The van der Waals surface area contributed by atoms with E-state index in [4.69, 9.17) is 0 Å². The minimum atomic E-state index is -0.753. The Hall–Kier alpha value is -3.25. The van der Waals surface area contributed by atoms with Crippen molar-refractivity contribution < 1.29 is 14.7 Å². The lowest BCUT2D eigenvalue weighted by atomic mass is 9.82. The second-order valence-corrected chi connectivity index (χ2v) is 9.57. The first-order valence-corrected chi connectivity index (χ1v) is 10.9. The number of aryl methyl sites for hydroxylation is 1. The number of ketones is 1. The lowest BCUT2D eigenvalue weighted by molar-refractivity contribution is -0.123. The highest BCUT2D eigenvalue weighted by atomic mass is 32.1. The first-order valence-electron chi connectivity index (χ1n) is 10.1. The summed E-state index contributed by atoms with van der Waals surface area (Å²) in [6.45, 7) is 7.19. The summed E-state index contributed by atoms with van der Waals surface area (Å²) in [6, 6.07) is 14.5. The molecule has 1 atom stereocenters. The van der Waals surface area contributed by atoms with Crippen molar-refractivity contribution in [1.29, 1.82) is 0 Å². The topological polar surface area (TPSA) is 70.5 Å². The molecule has 1 N–H and O–H groups in total. The number of aromatic nitrogens is 1. The Bertz CT molecular complexity index is 1170. The molecule has 1 aliphatic rings. The fourth-order valence-electron chi connectivity index (χ4n) is 3.82. The van der Waals surface area contributed by atoms with Crippen LogP contribution in [0.15, 0.2) is 71.4 Å². The zero-order valence-corrected chi connectivity index (χ0v) is 18.7. The maximum atomic E-state index is 13.3. The van der Waals surface area contributed by atoms with Gasteiger partial charge in [-0.3, -0.25) is 19.5 Å². The smallest absolute Gasteiger partial charge is 0.294 e. The van der Waals surface area contributed by atoms with Gasteiger partial charge in [0, 0.05) is 33.4 Å². The van der Waals surface area contributed by atoms with Crippen LogP contribution in [0.3, 0.4) is 0 Å². The highest BCUT2D eigenvalue weighted by molar-refractivity contribution is 7.13. The molecule has 31 heavy (non-hydrogen) atoms. The van der Waals surface area contributed by atoms with Crippen LogP contribution in [-0.4, -0.2) is 21.8 Å². The molecule has 0 saturated carbocycles. The molecule has 0 saturated heterocycles. The molecule has 6 heteroatoms. The molecule has 0 aliphatic carbocycles. The second-order valence-electron chi connectivity index (χ2n) is 8.62. The largest absolute Gasteiger partial charge is 0.503 e. The van der Waals surface area contributed by atoms with Crippen molar-refractivity contribution in [3.05, 3.63) is 82.7 Å². The molecule has 1 unspecified atom stereocenters. The van der Waals surface area contributed by atoms with Gasteiger partial charge in [-0.2, -0.15) is 0 Å². The fourth-order valence-corrected chi connectivity index (χ4v) is 4.55. The van der Waals surface area contributed by atoms with Crippen molar-refractivity contribution in [3.63, 3.8) is 0 Å². The summed E-state index contributed by atoms with van der Waals surface area (Å²) in [7, 11) is 0. The standard InChI is InChI=1S/C25H24N2O3S/c1-15-18(7-5-13-26-15)21-20(23(29)25(2,3)4)22(28)24(30)27(21)17-11-9-16(10-12-17)19-8-6-14-31-19/h5-14,21,28H,1-4H3. The van der Waals surface area contributed by atoms with Crippen molar-refractivity contribution in [2.45, 2.75) is 33.7 Å². The van der Waals surface area contributed by atoms with E-state index < -0.39 is 23.1 Å². The van der Waals surface area contributed by atoms with E-state index in [1.165, 1.54) is 4.90 Å². The molecule has 0 radical (unpaired) electrons. The lowest BCUT2D eigenvalue weighted by Crippen LogP contribution is -2.33. The van der Waals surface area contributed by atoms with Crippen LogP contribution in [0.4, 0.5) is 5.69 Å². The predicted octanol–water partition coefficient (Wildman–Crippen LogP) is 5.63. The third-order valence-corrected chi connectivity index (χ3v) is 6.35. The molecular formula is C25H24N2O3S. The van der Waals surface area contributed by atoms with Gasteiger partial charge in [0.1, 0.15) is 0 Å². The number of benzene rings is 1. The number of Topliss-reactive ketones (excluding diaryl/α,β-unsaturated/α-hetero) is 1. The van der Waals surface area contributed by atoms with Crippen molar-refractivity contribution in [1.82, 2.24) is 4.98 Å². The van der Waals surface area contributed by atoms with Gasteiger partial charge in [0.05, 0.1) is 11.6 Å². The predicted molar refractivity (Wildman–Crippen MR) is 123 cm³/mol. The highest BCUT2D eigenvalue weighted by Gasteiger charge is 2.47. The van der Waals surface area contributed by atoms with Gasteiger partial charge in [-0.15, -0.1) is 11.3 Å². The zero-order valence-electron chi connectivity index (χ0n) is 17.9. The molecule has 3 heterocycles. The van der Waals surface area contributed by atoms with Gasteiger partial charge in [0.15, 0.2) is 11.5 Å². The van der Waals surface area contributed by atoms with Gasteiger partial charge in [-0.25, -0.2) is 0 Å². The van der Waals surface area contributed by atoms with Gasteiger partial charge < -0.3 is 5.11 Å². The molecule has 158 valence electrons. The number of anilines is 1. The summed E-state index contributed by atoms with van der Waals surface area (Å²) >= 11 is 1.64. The number of rotatable bonds is 4. The molecule has 2 aromatic heterocycles. The Morgan fingerprint density at radius 1 is 1.10 bits per heavy atom. The zero-order chi connectivity index (χ0) is 22.3. The van der Waals surface area contributed by atoms with E-state index in [-0.39, 0.29) is 11.4 Å². The molecule has 3 aromatic rings. The fraction of sp³-hybridized carbons (Fsp3) is 0.240. The average molecular weight is 433 g/mol. The average Bonchev–Trinajstić information content (AvgIpc) is 3.35. The van der Waals surface area contributed by atoms with E-state index in [2.05, 4.69) is 4.98 Å². The van der Waals surface area contributed by atoms with E-state index in [0.717, 1.165) is 16.0 Å². The number of thiophene rings is 1. The maximum Gasteiger partial charge on any atom is 0.294 e. The number of aliphatic hydroxyl groups is 1. The Morgan fingerprint density at radius 2 is 1.81 bits per heavy atom. The first kappa shape index (κ1) is 21.0. The molecule has 0 fully saturated rings. The summed E-state index contributed by atoms with van der Waals surface area (Å²) in [5.41, 5.74) is 2.45. The van der Waals surface area contributed by atoms with Crippen LogP contribution in [-0.2, 0) is 9.59 Å². The molecule has 0 bridgehead atoms. The summed E-state index contributed by atoms with van der Waals surface area (Å²) in [6.07, 6.45) is 1.67. The highest BCUT2D eigenvalue weighted by Crippen LogP contribution is 2.44. The van der Waals surface area contributed by atoms with E-state index in [1.807, 2.05) is 54.8 Å². The third kappa shape index (κ3) is 3.68. The van der Waals surface area contributed by atoms with Crippen molar-refractivity contribution >= 4 is 28.7 Å². The van der Waals surface area contributed by atoms with E-state index in [1.54, 1.807) is 44.4 Å². The maximum absolute atomic E-state index is 13.3. The van der Waals surface area contributed by atoms with E-state index in [9.17, 15) is 14.7 Å². The number of aliphatic hydroxyl groups excluding tert-OH is 1. The minimum Gasteiger partial charge on any atom is -0.503 e. The summed E-state index contributed by atoms with van der Waals surface area (Å²) in [5, 5.41) is 12.8. The van der Waals surface area contributed by atoms with Gasteiger partial charge in [0.2, 0.25) is 0 Å². The molecular weight excluding hydrogens is 408 g/mol. The van der Waals surface area contributed by atoms with Gasteiger partial charge in [-0.1, -0.05) is 45.0 Å².